The van der Waals surface area contributed by atoms with Gasteiger partial charge in [0, 0.05) is 11.7 Å². The van der Waals surface area contributed by atoms with Crippen molar-refractivity contribution in [3.63, 3.8) is 0 Å². The second-order valence-electron chi connectivity index (χ2n) is 5.30. The lowest BCUT2D eigenvalue weighted by molar-refractivity contribution is -0.115. The fourth-order valence-electron chi connectivity index (χ4n) is 2.48. The highest BCUT2D eigenvalue weighted by Crippen LogP contribution is 2.41. The first-order valence-corrected chi connectivity index (χ1v) is 8.41. The number of benzene rings is 2. The van der Waals surface area contributed by atoms with Gasteiger partial charge in [0.1, 0.15) is 10.8 Å². The average molecular weight is 339 g/mol. The van der Waals surface area contributed by atoms with Gasteiger partial charge >= 0.3 is 0 Å². The van der Waals surface area contributed by atoms with Crippen molar-refractivity contribution in [2.24, 2.45) is 4.99 Å². The van der Waals surface area contributed by atoms with Crippen molar-refractivity contribution < 1.29 is 14.6 Å². The van der Waals surface area contributed by atoms with Gasteiger partial charge < -0.3 is 9.84 Å². The third kappa shape index (κ3) is 3.51. The molecule has 2 aromatic carbocycles. The van der Waals surface area contributed by atoms with Gasteiger partial charge in [-0.25, -0.2) is 4.99 Å². The summed E-state index contributed by atoms with van der Waals surface area (Å²) in [5.41, 5.74) is 2.06. The standard InChI is InChI=1S/C19H17NO3S/c1-23-15-9-7-13(8-10-15)18-11-17(22)16(12-21)19(24-18)20-14-5-3-2-4-6-14/h2-10,12,18,21H,11H2,1H3/b16-12-,20-19?. The van der Waals surface area contributed by atoms with Gasteiger partial charge in [0.2, 0.25) is 0 Å². The van der Waals surface area contributed by atoms with Crippen LogP contribution in [0, 0.1) is 0 Å². The minimum absolute atomic E-state index is 0.0328. The molecular formula is C19H17NO3S. The third-order valence-corrected chi connectivity index (χ3v) is 5.02. The lowest BCUT2D eigenvalue weighted by atomic mass is 10.0. The van der Waals surface area contributed by atoms with Crippen LogP contribution in [0.25, 0.3) is 0 Å². The highest BCUT2D eigenvalue weighted by Gasteiger charge is 2.31. The molecule has 1 atom stereocenters. The Hall–Kier alpha value is -2.53. The van der Waals surface area contributed by atoms with Crippen molar-refractivity contribution in [2.45, 2.75) is 11.7 Å². The van der Waals surface area contributed by atoms with Gasteiger partial charge in [0.05, 0.1) is 24.6 Å². The maximum Gasteiger partial charge on any atom is 0.170 e. The Kier molecular flexibility index (Phi) is 5.01. The fraction of sp³-hybridized carbons (Fsp3) is 0.158. The molecule has 1 aliphatic heterocycles. The number of aliphatic imine (C=N–C) groups is 1. The highest BCUT2D eigenvalue weighted by atomic mass is 32.2. The van der Waals surface area contributed by atoms with Crippen LogP contribution in [0.4, 0.5) is 5.69 Å². The molecule has 122 valence electrons. The molecule has 1 aliphatic rings. The first-order valence-electron chi connectivity index (χ1n) is 7.53. The van der Waals surface area contributed by atoms with Crippen LogP contribution in [0.15, 0.2) is 71.4 Å². The van der Waals surface area contributed by atoms with Crippen LogP contribution in [0.3, 0.4) is 0 Å². The number of methoxy groups -OCH3 is 1. The third-order valence-electron chi connectivity index (χ3n) is 3.76. The molecule has 2 aromatic rings. The van der Waals surface area contributed by atoms with E-state index in [0.29, 0.717) is 11.5 Å². The lowest BCUT2D eigenvalue weighted by Crippen LogP contribution is -2.20. The zero-order valence-electron chi connectivity index (χ0n) is 13.2. The molecule has 0 radical (unpaired) electrons. The van der Waals surface area contributed by atoms with Crippen LogP contribution in [0.2, 0.25) is 0 Å². The summed E-state index contributed by atoms with van der Waals surface area (Å²) in [6.07, 6.45) is 1.19. The van der Waals surface area contributed by atoms with Crippen molar-refractivity contribution in [1.29, 1.82) is 0 Å². The largest absolute Gasteiger partial charge is 0.515 e. The highest BCUT2D eigenvalue weighted by molar-refractivity contribution is 8.14. The molecule has 0 aromatic heterocycles. The number of ketones is 1. The minimum Gasteiger partial charge on any atom is -0.515 e. The maximum absolute atomic E-state index is 12.4. The second-order valence-corrected chi connectivity index (χ2v) is 6.49. The van der Waals surface area contributed by atoms with E-state index in [0.717, 1.165) is 23.3 Å². The van der Waals surface area contributed by atoms with E-state index in [2.05, 4.69) is 4.99 Å². The van der Waals surface area contributed by atoms with Crippen molar-refractivity contribution in [3.05, 3.63) is 72.0 Å². The molecule has 24 heavy (non-hydrogen) atoms. The Morgan fingerprint density at radius 1 is 1.17 bits per heavy atom. The molecule has 1 heterocycles. The van der Waals surface area contributed by atoms with Crippen molar-refractivity contribution in [1.82, 2.24) is 0 Å². The maximum atomic E-state index is 12.4. The molecule has 0 amide bonds. The normalized spacial score (nSPS) is 21.2. The SMILES string of the molecule is COc1ccc(C2CC(=O)/C(=C/O)C(=Nc3ccccc3)S2)cc1. The molecule has 0 spiro atoms. The van der Waals surface area contributed by atoms with Gasteiger partial charge in [0.25, 0.3) is 0 Å². The number of rotatable bonds is 3. The monoisotopic (exact) mass is 339 g/mol. The van der Waals surface area contributed by atoms with Gasteiger partial charge in [-0.15, -0.1) is 0 Å². The Labute approximate surface area is 144 Å². The van der Waals surface area contributed by atoms with Crippen LogP contribution in [0.1, 0.15) is 17.2 Å². The predicted molar refractivity (Wildman–Crippen MR) is 97.2 cm³/mol. The summed E-state index contributed by atoms with van der Waals surface area (Å²) in [4.78, 5) is 16.9. The number of para-hydroxylation sites is 1. The van der Waals surface area contributed by atoms with Crippen molar-refractivity contribution >= 4 is 28.3 Å². The van der Waals surface area contributed by atoms with E-state index in [4.69, 9.17) is 4.74 Å². The summed E-state index contributed by atoms with van der Waals surface area (Å²) in [6, 6.07) is 17.1. The molecule has 3 rings (SSSR count). The first kappa shape index (κ1) is 16.3. The topological polar surface area (TPSA) is 58.9 Å². The van der Waals surface area contributed by atoms with E-state index >= 15 is 0 Å². The van der Waals surface area contributed by atoms with E-state index in [-0.39, 0.29) is 16.6 Å². The van der Waals surface area contributed by atoms with Crippen LogP contribution in [-0.2, 0) is 4.79 Å². The van der Waals surface area contributed by atoms with Gasteiger partial charge in [-0.3, -0.25) is 4.79 Å². The number of hydrogen-bond donors (Lipinski definition) is 1. The predicted octanol–water partition coefficient (Wildman–Crippen LogP) is 4.61. The average Bonchev–Trinajstić information content (AvgIpc) is 2.62. The Morgan fingerprint density at radius 3 is 2.50 bits per heavy atom. The zero-order chi connectivity index (χ0) is 16.9. The molecule has 1 N–H and O–H groups in total. The number of thioether (sulfide) groups is 1. The summed E-state index contributed by atoms with van der Waals surface area (Å²) in [5, 5.41) is 9.95. The molecule has 1 unspecified atom stereocenters. The molecule has 1 saturated heterocycles. The fourth-order valence-corrected chi connectivity index (χ4v) is 3.72. The summed E-state index contributed by atoms with van der Waals surface area (Å²) in [5.74, 6) is 0.673. The van der Waals surface area contributed by atoms with E-state index < -0.39 is 0 Å². The van der Waals surface area contributed by atoms with Crippen LogP contribution in [-0.4, -0.2) is 23.0 Å². The van der Waals surface area contributed by atoms with Crippen LogP contribution >= 0.6 is 11.8 Å². The Bertz CT molecular complexity index is 782. The Morgan fingerprint density at radius 2 is 1.88 bits per heavy atom. The summed E-state index contributed by atoms with van der Waals surface area (Å²) >= 11 is 1.49. The first-order chi connectivity index (χ1) is 11.7. The number of nitrogens with zero attached hydrogens (tertiary/aromatic N) is 1. The van der Waals surface area contributed by atoms with E-state index in [1.807, 2.05) is 54.6 Å². The zero-order valence-corrected chi connectivity index (χ0v) is 14.0. The molecule has 4 nitrogen and oxygen atoms in total. The molecular weight excluding hydrogens is 322 g/mol. The Balaban J connectivity index is 1.92. The van der Waals surface area contributed by atoms with E-state index in [1.54, 1.807) is 7.11 Å². The summed E-state index contributed by atoms with van der Waals surface area (Å²) < 4.78 is 5.17. The minimum atomic E-state index is -0.105. The number of hydrogen-bond acceptors (Lipinski definition) is 5. The number of carbonyl (C=O) groups is 1. The van der Waals surface area contributed by atoms with Gasteiger partial charge in [-0.05, 0) is 29.8 Å². The molecule has 0 saturated carbocycles. The summed E-state index contributed by atoms with van der Waals surface area (Å²) in [6.45, 7) is 0. The lowest BCUT2D eigenvalue weighted by Gasteiger charge is -2.24. The van der Waals surface area contributed by atoms with E-state index in [1.165, 1.54) is 11.8 Å². The van der Waals surface area contributed by atoms with Crippen molar-refractivity contribution in [2.75, 3.05) is 7.11 Å². The second kappa shape index (κ2) is 7.36. The number of carbonyl (C=O) groups excluding carboxylic acids is 1. The summed E-state index contributed by atoms with van der Waals surface area (Å²) in [7, 11) is 1.62. The van der Waals surface area contributed by atoms with Gasteiger partial charge in [-0.1, -0.05) is 42.1 Å². The van der Waals surface area contributed by atoms with Crippen molar-refractivity contribution in [3.8, 4) is 5.75 Å². The van der Waals surface area contributed by atoms with E-state index in [9.17, 15) is 9.90 Å². The smallest absolute Gasteiger partial charge is 0.170 e. The van der Waals surface area contributed by atoms with Gasteiger partial charge in [-0.2, -0.15) is 0 Å². The molecule has 0 bridgehead atoms. The van der Waals surface area contributed by atoms with Crippen LogP contribution < -0.4 is 4.74 Å². The molecule has 5 heteroatoms. The molecule has 1 fully saturated rings. The quantitative estimate of drug-likeness (QED) is 0.655. The number of ether oxygens (including phenoxy) is 1. The van der Waals surface area contributed by atoms with Gasteiger partial charge in [0.15, 0.2) is 5.78 Å². The number of aliphatic hydroxyl groups excluding tert-OH is 1. The van der Waals surface area contributed by atoms with Crippen LogP contribution in [0.5, 0.6) is 5.75 Å². The number of aliphatic hydroxyl groups is 1. The molecule has 0 aliphatic carbocycles. The number of Topliss-reactive ketones (excluding diaryl/α,β-unsaturated/α-hetero) is 1.